The number of hydrogen-bond donors (Lipinski definition) is 1. The molecule has 2 amide bonds. The summed E-state index contributed by atoms with van der Waals surface area (Å²) < 4.78 is 55.7. The Balaban J connectivity index is 1.62. The molecule has 0 bridgehead atoms. The van der Waals surface area contributed by atoms with Crippen LogP contribution in [-0.4, -0.2) is 32.4 Å². The molecule has 3 aromatic carbocycles. The molecule has 4 rings (SSSR count). The van der Waals surface area contributed by atoms with Crippen LogP contribution in [0.2, 0.25) is 0 Å². The minimum atomic E-state index is -4.11. The molecule has 0 aliphatic carbocycles. The molecule has 7 nitrogen and oxygen atoms in total. The van der Waals surface area contributed by atoms with Crippen molar-refractivity contribution in [2.75, 3.05) is 22.7 Å². The van der Waals surface area contributed by atoms with Crippen LogP contribution in [0.25, 0.3) is 0 Å². The number of para-hydroxylation sites is 2. The van der Waals surface area contributed by atoms with Gasteiger partial charge in [0, 0.05) is 25.7 Å². The van der Waals surface area contributed by atoms with Gasteiger partial charge in [-0.1, -0.05) is 24.3 Å². The SMILES string of the molecule is N#Cc1ccccc1S(=O)(=O)Nc1ccccc1N1CCCN(Cc2cc(F)cc(F)c2)C1=O. The second kappa shape index (κ2) is 9.49. The van der Waals surface area contributed by atoms with Crippen LogP contribution in [0.15, 0.2) is 71.6 Å². The molecule has 1 saturated heterocycles. The van der Waals surface area contributed by atoms with Crippen molar-refractivity contribution >= 4 is 27.4 Å². The first-order valence-electron chi connectivity index (χ1n) is 10.4. The standard InChI is InChI=1S/C24H20F2N4O3S/c25-19-12-17(13-20(26)14-19)16-29-10-5-11-30(24(29)31)22-8-3-2-7-21(22)28-34(32,33)23-9-4-1-6-18(23)15-27/h1-4,6-9,12-14,28H,5,10-11,16H2. The van der Waals surface area contributed by atoms with Crippen molar-refractivity contribution in [1.82, 2.24) is 4.90 Å². The molecule has 3 aromatic rings. The van der Waals surface area contributed by atoms with E-state index in [1.165, 1.54) is 46.2 Å². The summed E-state index contributed by atoms with van der Waals surface area (Å²) in [7, 11) is -4.11. The zero-order valence-electron chi connectivity index (χ0n) is 17.9. The number of rotatable bonds is 6. The maximum Gasteiger partial charge on any atom is 0.324 e. The van der Waals surface area contributed by atoms with Crippen LogP contribution in [-0.2, 0) is 16.6 Å². The molecule has 0 saturated carbocycles. The Hall–Kier alpha value is -3.97. The quantitative estimate of drug-likeness (QED) is 0.561. The average molecular weight is 483 g/mol. The van der Waals surface area contributed by atoms with Crippen LogP contribution in [0.4, 0.5) is 25.0 Å². The van der Waals surface area contributed by atoms with E-state index in [4.69, 9.17) is 0 Å². The van der Waals surface area contributed by atoms with Gasteiger partial charge < -0.3 is 4.90 Å². The normalized spacial score (nSPS) is 14.1. The summed E-state index contributed by atoms with van der Waals surface area (Å²) in [5.41, 5.74) is 0.813. The minimum absolute atomic E-state index is 0.00460. The van der Waals surface area contributed by atoms with Gasteiger partial charge in [-0.2, -0.15) is 5.26 Å². The van der Waals surface area contributed by atoms with Crippen molar-refractivity contribution in [3.8, 4) is 6.07 Å². The zero-order chi connectivity index (χ0) is 24.3. The number of anilines is 2. The molecule has 1 heterocycles. The van der Waals surface area contributed by atoms with Gasteiger partial charge in [-0.15, -0.1) is 0 Å². The van der Waals surface area contributed by atoms with E-state index in [2.05, 4.69) is 4.72 Å². The molecule has 0 unspecified atom stereocenters. The molecule has 0 atom stereocenters. The Kier molecular flexibility index (Phi) is 6.47. The van der Waals surface area contributed by atoms with Gasteiger partial charge in [0.05, 0.1) is 16.9 Å². The number of nitrogens with one attached hydrogen (secondary N) is 1. The van der Waals surface area contributed by atoms with E-state index in [9.17, 15) is 27.3 Å². The van der Waals surface area contributed by atoms with E-state index in [1.54, 1.807) is 24.3 Å². The highest BCUT2D eigenvalue weighted by molar-refractivity contribution is 7.92. The number of nitriles is 1. The molecular weight excluding hydrogens is 462 g/mol. The Morgan fingerprint density at radius 2 is 1.65 bits per heavy atom. The van der Waals surface area contributed by atoms with Crippen LogP contribution in [0.3, 0.4) is 0 Å². The molecule has 1 aliphatic rings. The van der Waals surface area contributed by atoms with Crippen LogP contribution < -0.4 is 9.62 Å². The van der Waals surface area contributed by atoms with E-state index >= 15 is 0 Å². The van der Waals surface area contributed by atoms with E-state index in [0.29, 0.717) is 30.8 Å². The van der Waals surface area contributed by atoms with Crippen molar-refractivity contribution in [3.63, 3.8) is 0 Å². The lowest BCUT2D eigenvalue weighted by atomic mass is 10.1. The highest BCUT2D eigenvalue weighted by Crippen LogP contribution is 2.31. The third kappa shape index (κ3) is 4.84. The molecule has 0 spiro atoms. The molecular formula is C24H20F2N4O3S. The van der Waals surface area contributed by atoms with Gasteiger partial charge in [0.25, 0.3) is 10.0 Å². The number of halogens is 2. The number of urea groups is 1. The highest BCUT2D eigenvalue weighted by Gasteiger charge is 2.29. The number of carbonyl (C=O) groups excluding carboxylic acids is 1. The molecule has 1 fully saturated rings. The minimum Gasteiger partial charge on any atom is -0.320 e. The monoisotopic (exact) mass is 482 g/mol. The molecule has 0 radical (unpaired) electrons. The molecule has 1 N–H and O–H groups in total. The van der Waals surface area contributed by atoms with Gasteiger partial charge in [0.15, 0.2) is 0 Å². The highest BCUT2D eigenvalue weighted by atomic mass is 32.2. The number of hydrogen-bond acceptors (Lipinski definition) is 4. The number of sulfonamides is 1. The van der Waals surface area contributed by atoms with E-state index in [1.807, 2.05) is 6.07 Å². The molecule has 0 aromatic heterocycles. The lowest BCUT2D eigenvalue weighted by Crippen LogP contribution is -2.49. The molecule has 1 aliphatic heterocycles. The van der Waals surface area contributed by atoms with E-state index in [0.717, 1.165) is 6.07 Å². The fraction of sp³-hybridized carbons (Fsp3) is 0.167. The number of amides is 2. The van der Waals surface area contributed by atoms with Gasteiger partial charge in [-0.05, 0) is 48.4 Å². The summed E-state index contributed by atoms with van der Waals surface area (Å²) >= 11 is 0. The molecule has 174 valence electrons. The molecule has 34 heavy (non-hydrogen) atoms. The van der Waals surface area contributed by atoms with Gasteiger partial charge in [0.2, 0.25) is 0 Å². The predicted molar refractivity (Wildman–Crippen MR) is 123 cm³/mol. The van der Waals surface area contributed by atoms with Gasteiger partial charge in [0.1, 0.15) is 22.6 Å². The number of benzene rings is 3. The third-order valence-electron chi connectivity index (χ3n) is 5.34. The summed E-state index contributed by atoms with van der Waals surface area (Å²) in [6, 6.07) is 16.8. The topological polar surface area (TPSA) is 93.5 Å². The van der Waals surface area contributed by atoms with Crippen molar-refractivity contribution in [2.45, 2.75) is 17.9 Å². The zero-order valence-corrected chi connectivity index (χ0v) is 18.7. The summed E-state index contributed by atoms with van der Waals surface area (Å²) in [5, 5.41) is 9.28. The fourth-order valence-electron chi connectivity index (χ4n) is 3.86. The van der Waals surface area contributed by atoms with Crippen LogP contribution in [0.1, 0.15) is 17.5 Å². The molecule has 10 heteroatoms. The number of carbonyl (C=O) groups is 1. The Morgan fingerprint density at radius 3 is 2.38 bits per heavy atom. The van der Waals surface area contributed by atoms with Crippen molar-refractivity contribution < 1.29 is 22.0 Å². The van der Waals surface area contributed by atoms with Gasteiger partial charge >= 0.3 is 6.03 Å². The summed E-state index contributed by atoms with van der Waals surface area (Å²) in [4.78, 5) is 15.9. The maximum atomic E-state index is 13.6. The van der Waals surface area contributed by atoms with Crippen LogP contribution in [0, 0.1) is 23.0 Å². The third-order valence-corrected chi connectivity index (χ3v) is 6.77. The average Bonchev–Trinajstić information content (AvgIpc) is 2.80. The van der Waals surface area contributed by atoms with E-state index < -0.39 is 27.7 Å². The summed E-state index contributed by atoms with van der Waals surface area (Å²) in [5.74, 6) is -1.46. The second-order valence-electron chi connectivity index (χ2n) is 7.72. The van der Waals surface area contributed by atoms with Crippen molar-refractivity contribution in [1.29, 1.82) is 5.26 Å². The Morgan fingerprint density at radius 1 is 0.971 bits per heavy atom. The number of nitrogens with zero attached hydrogens (tertiary/aromatic N) is 3. The lowest BCUT2D eigenvalue weighted by Gasteiger charge is -2.36. The second-order valence-corrected chi connectivity index (χ2v) is 9.37. The van der Waals surface area contributed by atoms with Crippen molar-refractivity contribution in [2.24, 2.45) is 0 Å². The van der Waals surface area contributed by atoms with Crippen LogP contribution in [0.5, 0.6) is 0 Å². The van der Waals surface area contributed by atoms with Gasteiger partial charge in [-0.3, -0.25) is 9.62 Å². The first-order valence-corrected chi connectivity index (χ1v) is 11.9. The fourth-order valence-corrected chi connectivity index (χ4v) is 5.10. The maximum absolute atomic E-state index is 13.6. The lowest BCUT2D eigenvalue weighted by molar-refractivity contribution is 0.192. The Labute approximate surface area is 195 Å². The largest absolute Gasteiger partial charge is 0.324 e. The first-order chi connectivity index (χ1) is 16.3. The van der Waals surface area contributed by atoms with Gasteiger partial charge in [-0.25, -0.2) is 22.0 Å². The van der Waals surface area contributed by atoms with Crippen molar-refractivity contribution in [3.05, 3.63) is 89.5 Å². The van der Waals surface area contributed by atoms with Crippen LogP contribution >= 0.6 is 0 Å². The smallest absolute Gasteiger partial charge is 0.320 e. The summed E-state index contributed by atoms with van der Waals surface area (Å²) in [6.45, 7) is 0.727. The Bertz CT molecular complexity index is 1370. The van der Waals surface area contributed by atoms with E-state index in [-0.39, 0.29) is 22.7 Å². The summed E-state index contributed by atoms with van der Waals surface area (Å²) in [6.07, 6.45) is 0.571. The predicted octanol–water partition coefficient (Wildman–Crippen LogP) is 4.47. The first kappa shape index (κ1) is 23.2.